The minimum atomic E-state index is 0.395. The van der Waals surface area contributed by atoms with E-state index in [1.165, 1.54) is 5.56 Å². The van der Waals surface area contributed by atoms with Gasteiger partial charge in [0.25, 0.3) is 0 Å². The Morgan fingerprint density at radius 3 is 2.43 bits per heavy atom. The number of aromatic nitrogens is 2. The summed E-state index contributed by atoms with van der Waals surface area (Å²) in [4.78, 5) is 4.51. The van der Waals surface area contributed by atoms with Gasteiger partial charge in [-0.2, -0.15) is 4.98 Å². The van der Waals surface area contributed by atoms with Crippen LogP contribution < -0.4 is 5.32 Å². The molecule has 21 heavy (non-hydrogen) atoms. The van der Waals surface area contributed by atoms with E-state index in [-0.39, 0.29) is 0 Å². The minimum Gasteiger partial charge on any atom is -0.339 e. The largest absolute Gasteiger partial charge is 0.339 e. The van der Waals surface area contributed by atoms with Crippen LogP contribution in [0.3, 0.4) is 0 Å². The highest BCUT2D eigenvalue weighted by Crippen LogP contribution is 2.20. The fourth-order valence-electron chi connectivity index (χ4n) is 2.33. The summed E-state index contributed by atoms with van der Waals surface area (Å²) in [5, 5.41) is 7.52. The van der Waals surface area contributed by atoms with Crippen molar-refractivity contribution in [2.75, 3.05) is 6.54 Å². The second-order valence-electron chi connectivity index (χ2n) is 5.66. The summed E-state index contributed by atoms with van der Waals surface area (Å²) in [6.45, 7) is 9.60. The smallest absolute Gasteiger partial charge is 0.228 e. The Morgan fingerprint density at radius 1 is 1.14 bits per heavy atom. The standard InChI is InChI=1S/C17H25N3O/c1-5-15(18-6-2)11-16-19-17(20-21-16)14-9-7-13(8-10-14)12(3)4/h7-10,12,15,18H,5-6,11H2,1-4H3. The van der Waals surface area contributed by atoms with Crippen LogP contribution >= 0.6 is 0 Å². The molecule has 0 bridgehead atoms. The Labute approximate surface area is 127 Å². The van der Waals surface area contributed by atoms with Gasteiger partial charge in [0.05, 0.1) is 0 Å². The number of likely N-dealkylation sites (N-methyl/N-ethyl adjacent to an activating group) is 1. The van der Waals surface area contributed by atoms with Crippen LogP contribution in [-0.2, 0) is 6.42 Å². The van der Waals surface area contributed by atoms with Crippen LogP contribution in [0.25, 0.3) is 11.4 Å². The van der Waals surface area contributed by atoms with Gasteiger partial charge in [-0.05, 0) is 24.4 Å². The van der Waals surface area contributed by atoms with Crippen LogP contribution in [0.5, 0.6) is 0 Å². The van der Waals surface area contributed by atoms with E-state index in [0.29, 0.717) is 23.7 Å². The summed E-state index contributed by atoms with van der Waals surface area (Å²) in [7, 11) is 0. The highest BCUT2D eigenvalue weighted by atomic mass is 16.5. The van der Waals surface area contributed by atoms with E-state index in [1.54, 1.807) is 0 Å². The van der Waals surface area contributed by atoms with Gasteiger partial charge >= 0.3 is 0 Å². The molecule has 0 radical (unpaired) electrons. The zero-order chi connectivity index (χ0) is 15.2. The van der Waals surface area contributed by atoms with Crippen molar-refractivity contribution in [2.45, 2.75) is 52.5 Å². The molecule has 4 heteroatoms. The quantitative estimate of drug-likeness (QED) is 0.841. The van der Waals surface area contributed by atoms with Gasteiger partial charge in [-0.25, -0.2) is 0 Å². The van der Waals surface area contributed by atoms with Gasteiger partial charge in [0, 0.05) is 18.0 Å². The third kappa shape index (κ3) is 4.14. The molecule has 2 aromatic rings. The summed E-state index contributed by atoms with van der Waals surface area (Å²) in [6, 6.07) is 8.77. The Balaban J connectivity index is 2.08. The lowest BCUT2D eigenvalue weighted by molar-refractivity contribution is 0.355. The Kier molecular flexibility index (Phi) is 5.51. The van der Waals surface area contributed by atoms with Crippen molar-refractivity contribution >= 4 is 0 Å². The van der Waals surface area contributed by atoms with Gasteiger partial charge in [-0.15, -0.1) is 0 Å². The van der Waals surface area contributed by atoms with Crippen molar-refractivity contribution in [1.29, 1.82) is 0 Å². The summed E-state index contributed by atoms with van der Waals surface area (Å²) >= 11 is 0. The number of nitrogens with one attached hydrogen (secondary N) is 1. The number of nitrogens with zero attached hydrogens (tertiary/aromatic N) is 2. The zero-order valence-electron chi connectivity index (χ0n) is 13.4. The Hall–Kier alpha value is -1.68. The molecule has 0 saturated carbocycles. The number of hydrogen-bond acceptors (Lipinski definition) is 4. The van der Waals surface area contributed by atoms with Crippen molar-refractivity contribution < 1.29 is 4.52 Å². The first kappa shape index (κ1) is 15.7. The van der Waals surface area contributed by atoms with Gasteiger partial charge in [-0.3, -0.25) is 0 Å². The van der Waals surface area contributed by atoms with Crippen LogP contribution in [0.15, 0.2) is 28.8 Å². The molecule has 1 aromatic heterocycles. The Morgan fingerprint density at radius 2 is 1.86 bits per heavy atom. The number of hydrogen-bond donors (Lipinski definition) is 1. The fraction of sp³-hybridized carbons (Fsp3) is 0.529. The zero-order valence-corrected chi connectivity index (χ0v) is 13.4. The maximum absolute atomic E-state index is 5.37. The van der Waals surface area contributed by atoms with Crippen LogP contribution in [0.1, 0.15) is 51.5 Å². The summed E-state index contributed by atoms with van der Waals surface area (Å²) in [5.41, 5.74) is 2.33. The Bertz CT molecular complexity index is 545. The van der Waals surface area contributed by atoms with Crippen molar-refractivity contribution in [2.24, 2.45) is 0 Å². The predicted octanol–water partition coefficient (Wildman–Crippen LogP) is 3.79. The van der Waals surface area contributed by atoms with Crippen molar-refractivity contribution in [3.8, 4) is 11.4 Å². The van der Waals surface area contributed by atoms with E-state index in [1.807, 2.05) is 0 Å². The predicted molar refractivity (Wildman–Crippen MR) is 85.3 cm³/mol. The molecule has 0 fully saturated rings. The summed E-state index contributed by atoms with van der Waals surface area (Å²) in [5.74, 6) is 1.91. The molecule has 0 aliphatic rings. The molecule has 2 rings (SSSR count). The molecule has 0 spiro atoms. The van der Waals surface area contributed by atoms with Crippen molar-refractivity contribution in [3.05, 3.63) is 35.7 Å². The first-order valence-electron chi connectivity index (χ1n) is 7.80. The first-order valence-corrected chi connectivity index (χ1v) is 7.80. The second-order valence-corrected chi connectivity index (χ2v) is 5.66. The maximum Gasteiger partial charge on any atom is 0.228 e. The molecule has 1 aromatic carbocycles. The summed E-state index contributed by atoms with van der Waals surface area (Å²) in [6.07, 6.45) is 1.83. The average molecular weight is 287 g/mol. The highest BCUT2D eigenvalue weighted by Gasteiger charge is 2.13. The van der Waals surface area contributed by atoms with Crippen molar-refractivity contribution in [3.63, 3.8) is 0 Å². The molecule has 1 heterocycles. The van der Waals surface area contributed by atoms with E-state index in [2.05, 4.69) is 67.4 Å². The monoisotopic (exact) mass is 287 g/mol. The highest BCUT2D eigenvalue weighted by molar-refractivity contribution is 5.54. The van der Waals surface area contributed by atoms with Crippen molar-refractivity contribution in [1.82, 2.24) is 15.5 Å². The van der Waals surface area contributed by atoms with Gasteiger partial charge in [-0.1, -0.05) is 57.1 Å². The molecule has 1 atom stereocenters. The molecular weight excluding hydrogens is 262 g/mol. The molecule has 0 amide bonds. The topological polar surface area (TPSA) is 51.0 Å². The average Bonchev–Trinajstić information content (AvgIpc) is 2.95. The molecule has 0 aliphatic heterocycles. The minimum absolute atomic E-state index is 0.395. The van der Waals surface area contributed by atoms with E-state index in [4.69, 9.17) is 4.52 Å². The van der Waals surface area contributed by atoms with Crippen LogP contribution in [0.2, 0.25) is 0 Å². The van der Waals surface area contributed by atoms with Gasteiger partial charge in [0.1, 0.15) is 0 Å². The van der Waals surface area contributed by atoms with Gasteiger partial charge < -0.3 is 9.84 Å². The second kappa shape index (κ2) is 7.36. The fourth-order valence-corrected chi connectivity index (χ4v) is 2.33. The molecular formula is C17H25N3O. The van der Waals surface area contributed by atoms with Crippen LogP contribution in [0, 0.1) is 0 Å². The number of benzene rings is 1. The van der Waals surface area contributed by atoms with E-state index in [9.17, 15) is 0 Å². The van der Waals surface area contributed by atoms with E-state index in [0.717, 1.165) is 24.9 Å². The lowest BCUT2D eigenvalue weighted by Crippen LogP contribution is -2.30. The van der Waals surface area contributed by atoms with E-state index >= 15 is 0 Å². The summed E-state index contributed by atoms with van der Waals surface area (Å²) < 4.78 is 5.37. The lowest BCUT2D eigenvalue weighted by Gasteiger charge is -2.12. The third-order valence-corrected chi connectivity index (χ3v) is 3.71. The molecule has 4 nitrogen and oxygen atoms in total. The van der Waals surface area contributed by atoms with E-state index < -0.39 is 0 Å². The maximum atomic E-state index is 5.37. The molecule has 1 unspecified atom stereocenters. The third-order valence-electron chi connectivity index (χ3n) is 3.71. The molecule has 1 N–H and O–H groups in total. The van der Waals surface area contributed by atoms with Gasteiger partial charge in [0.15, 0.2) is 0 Å². The van der Waals surface area contributed by atoms with Gasteiger partial charge in [0.2, 0.25) is 11.7 Å². The normalized spacial score (nSPS) is 12.8. The molecule has 0 saturated heterocycles. The van der Waals surface area contributed by atoms with Crippen LogP contribution in [-0.4, -0.2) is 22.7 Å². The number of rotatable bonds is 7. The van der Waals surface area contributed by atoms with Crippen LogP contribution in [0.4, 0.5) is 0 Å². The molecule has 0 aliphatic carbocycles. The lowest BCUT2D eigenvalue weighted by atomic mass is 10.0. The molecule has 114 valence electrons. The SMILES string of the molecule is CCNC(CC)Cc1nc(-c2ccc(C(C)C)cc2)no1. The first-order chi connectivity index (χ1) is 10.1.